The topological polar surface area (TPSA) is 72.2 Å². The van der Waals surface area contributed by atoms with Gasteiger partial charge in [0.25, 0.3) is 0 Å². The van der Waals surface area contributed by atoms with Crippen LogP contribution in [-0.4, -0.2) is 28.6 Å². The molecule has 0 bridgehead atoms. The van der Waals surface area contributed by atoms with E-state index in [1.54, 1.807) is 18.0 Å². The summed E-state index contributed by atoms with van der Waals surface area (Å²) >= 11 is 0. The molecule has 0 fully saturated rings. The summed E-state index contributed by atoms with van der Waals surface area (Å²) in [6.45, 7) is 5.77. The summed E-state index contributed by atoms with van der Waals surface area (Å²) in [4.78, 5) is 13.7. The van der Waals surface area contributed by atoms with Crippen LogP contribution >= 0.6 is 0 Å². The van der Waals surface area contributed by atoms with Crippen molar-refractivity contribution in [2.45, 2.75) is 26.3 Å². The number of urea groups is 1. The minimum Gasteiger partial charge on any atom is -0.594 e. The Morgan fingerprint density at radius 1 is 1.56 bits per heavy atom. The lowest BCUT2D eigenvalue weighted by atomic mass is 10.1. The molecule has 0 unspecified atom stereocenters. The van der Waals surface area contributed by atoms with Gasteiger partial charge in [-0.1, -0.05) is 4.85 Å². The predicted molar refractivity (Wildman–Crippen MR) is 59.7 cm³/mol. The number of nitrogens with one attached hydrogen (secondary N) is 1. The fourth-order valence-corrected chi connectivity index (χ4v) is 0.961. The lowest BCUT2D eigenvalue weighted by Gasteiger charge is -2.31. The summed E-state index contributed by atoms with van der Waals surface area (Å²) in [5.74, 6) is 0. The van der Waals surface area contributed by atoms with Crippen molar-refractivity contribution in [3.05, 3.63) is 23.7 Å². The molecule has 1 N–H and O–H groups in total. The zero-order valence-corrected chi connectivity index (χ0v) is 9.89. The Kier molecular flexibility index (Phi) is 3.31. The molecule has 0 atom stereocenters. The van der Waals surface area contributed by atoms with Crippen LogP contribution in [0.1, 0.15) is 20.8 Å². The van der Waals surface area contributed by atoms with E-state index in [0.717, 1.165) is 0 Å². The third-order valence-corrected chi connectivity index (χ3v) is 2.25. The molecule has 0 saturated carbocycles. The maximum Gasteiger partial charge on any atom is 0.322 e. The molecule has 1 heterocycles. The highest BCUT2D eigenvalue weighted by Gasteiger charge is 2.22. The van der Waals surface area contributed by atoms with Gasteiger partial charge in [0.1, 0.15) is 5.69 Å². The van der Waals surface area contributed by atoms with E-state index in [4.69, 9.17) is 0 Å². The van der Waals surface area contributed by atoms with E-state index in [0.29, 0.717) is 10.5 Å². The fourth-order valence-electron chi connectivity index (χ4n) is 0.961. The van der Waals surface area contributed by atoms with Crippen LogP contribution in [0.5, 0.6) is 0 Å². The Hall–Kier alpha value is -1.85. The van der Waals surface area contributed by atoms with Gasteiger partial charge in [0, 0.05) is 17.7 Å². The molecule has 1 aromatic heterocycles. The quantitative estimate of drug-likeness (QED) is 0.571. The van der Waals surface area contributed by atoms with Crippen LogP contribution < -0.4 is 10.2 Å². The van der Waals surface area contributed by atoms with Gasteiger partial charge in [-0.2, -0.15) is 0 Å². The lowest BCUT2D eigenvalue weighted by molar-refractivity contribution is -0.668. The van der Waals surface area contributed by atoms with Crippen LogP contribution in [0.15, 0.2) is 18.5 Å². The van der Waals surface area contributed by atoms with E-state index >= 15 is 0 Å². The molecule has 2 amide bonds. The number of carbonyl (C=O) groups excluding carboxylic acids is 1. The van der Waals surface area contributed by atoms with Crippen molar-refractivity contribution in [3.8, 4) is 0 Å². The third kappa shape index (κ3) is 3.08. The third-order valence-electron chi connectivity index (χ3n) is 2.25. The van der Waals surface area contributed by atoms with Crippen LogP contribution in [0.25, 0.3) is 0 Å². The number of carbonyl (C=O) groups is 1. The second-order valence-electron chi connectivity index (χ2n) is 4.48. The summed E-state index contributed by atoms with van der Waals surface area (Å²) in [7, 11) is 1.70. The van der Waals surface area contributed by atoms with Crippen molar-refractivity contribution in [1.29, 1.82) is 0 Å². The van der Waals surface area contributed by atoms with Gasteiger partial charge in [-0.15, -0.1) is 0 Å². The summed E-state index contributed by atoms with van der Waals surface area (Å²) in [5.41, 5.74) is 0.149. The summed E-state index contributed by atoms with van der Waals surface area (Å²) in [5, 5.41) is 16.9. The van der Waals surface area contributed by atoms with Gasteiger partial charge in [-0.25, -0.2) is 4.79 Å². The fraction of sp³-hybridized carbons (Fsp3) is 0.500. The highest BCUT2D eigenvalue weighted by Crippen LogP contribution is 2.12. The number of aromatic nitrogens is 2. The molecule has 0 radical (unpaired) electrons. The predicted octanol–water partition coefficient (Wildman–Crippen LogP) is 0.977. The standard InChI is InChI=1S/C10H16N4O2/c1-10(2,3)13(4)9(15)12-8-5-6-11-14(16)7-8/h5-7H,1-4H3,(H,12,15). The Morgan fingerprint density at radius 2 is 2.19 bits per heavy atom. The van der Waals surface area contributed by atoms with Crippen LogP contribution in [0.4, 0.5) is 10.5 Å². The van der Waals surface area contributed by atoms with Gasteiger partial charge >= 0.3 is 6.03 Å². The maximum absolute atomic E-state index is 11.8. The minimum atomic E-state index is -0.273. The van der Waals surface area contributed by atoms with E-state index in [1.807, 2.05) is 20.8 Å². The zero-order chi connectivity index (χ0) is 12.3. The van der Waals surface area contributed by atoms with Crippen molar-refractivity contribution in [2.24, 2.45) is 0 Å². The van der Waals surface area contributed by atoms with E-state index in [-0.39, 0.29) is 11.6 Å². The van der Waals surface area contributed by atoms with Crippen molar-refractivity contribution < 1.29 is 9.64 Å². The normalized spacial score (nSPS) is 11.0. The Morgan fingerprint density at radius 3 is 2.69 bits per heavy atom. The number of hydrogen-bond donors (Lipinski definition) is 1. The van der Waals surface area contributed by atoms with Crippen LogP contribution in [0.3, 0.4) is 0 Å². The lowest BCUT2D eigenvalue weighted by Crippen LogP contribution is -2.45. The molecule has 6 heteroatoms. The van der Waals surface area contributed by atoms with Crippen molar-refractivity contribution in [1.82, 2.24) is 10.00 Å². The van der Waals surface area contributed by atoms with Gasteiger partial charge in [0.05, 0.1) is 6.20 Å². The first kappa shape index (κ1) is 12.2. The molecule has 0 spiro atoms. The van der Waals surface area contributed by atoms with Crippen molar-refractivity contribution in [2.75, 3.05) is 12.4 Å². The van der Waals surface area contributed by atoms with E-state index in [9.17, 15) is 10.0 Å². The molecule has 16 heavy (non-hydrogen) atoms. The molecule has 0 saturated heterocycles. The first-order valence-electron chi connectivity index (χ1n) is 4.91. The second-order valence-corrected chi connectivity index (χ2v) is 4.48. The molecule has 0 aliphatic rings. The number of nitrogens with zero attached hydrogens (tertiary/aromatic N) is 3. The van der Waals surface area contributed by atoms with E-state index < -0.39 is 0 Å². The highest BCUT2D eigenvalue weighted by atomic mass is 16.5. The van der Waals surface area contributed by atoms with Gasteiger partial charge in [0.15, 0.2) is 0 Å². The Labute approximate surface area is 94.5 Å². The minimum absolute atomic E-state index is 0.265. The average Bonchev–Trinajstić information content (AvgIpc) is 2.15. The van der Waals surface area contributed by atoms with Crippen LogP contribution in [0.2, 0.25) is 0 Å². The summed E-state index contributed by atoms with van der Waals surface area (Å²) in [6, 6.07) is 1.29. The van der Waals surface area contributed by atoms with E-state index in [1.165, 1.54) is 12.4 Å². The molecule has 0 aliphatic carbocycles. The monoisotopic (exact) mass is 224 g/mol. The molecule has 0 aliphatic heterocycles. The Balaban J connectivity index is 2.72. The summed E-state index contributed by atoms with van der Waals surface area (Å²) < 4.78 is 0. The SMILES string of the molecule is CN(C(=O)Nc1ccn[n+]([O-])c1)C(C)(C)C. The number of rotatable bonds is 1. The van der Waals surface area contributed by atoms with Crippen LogP contribution in [0, 0.1) is 5.21 Å². The Bertz CT molecular complexity index is 387. The number of anilines is 1. The van der Waals surface area contributed by atoms with Gasteiger partial charge < -0.3 is 15.4 Å². The second kappa shape index (κ2) is 4.34. The molecule has 6 nitrogen and oxygen atoms in total. The maximum atomic E-state index is 11.8. The van der Waals surface area contributed by atoms with Crippen molar-refractivity contribution in [3.63, 3.8) is 0 Å². The molecular formula is C10H16N4O2. The smallest absolute Gasteiger partial charge is 0.322 e. The number of amides is 2. The largest absolute Gasteiger partial charge is 0.594 e. The van der Waals surface area contributed by atoms with Gasteiger partial charge in [-0.05, 0) is 26.8 Å². The molecule has 88 valence electrons. The highest BCUT2D eigenvalue weighted by molar-refractivity contribution is 5.89. The van der Waals surface area contributed by atoms with E-state index in [2.05, 4.69) is 10.4 Å². The summed E-state index contributed by atoms with van der Waals surface area (Å²) in [6.07, 6.45) is 2.54. The number of hydrogen-bond acceptors (Lipinski definition) is 3. The average molecular weight is 224 g/mol. The zero-order valence-electron chi connectivity index (χ0n) is 9.89. The molecule has 1 rings (SSSR count). The van der Waals surface area contributed by atoms with Gasteiger partial charge in [0.2, 0.25) is 6.20 Å². The molecule has 0 aromatic carbocycles. The first-order chi connectivity index (χ1) is 7.30. The molecular weight excluding hydrogens is 208 g/mol. The molecule has 1 aromatic rings. The van der Waals surface area contributed by atoms with Gasteiger partial charge in [-0.3, -0.25) is 0 Å². The van der Waals surface area contributed by atoms with Crippen LogP contribution in [-0.2, 0) is 0 Å². The first-order valence-corrected chi connectivity index (χ1v) is 4.91. The van der Waals surface area contributed by atoms with Crippen molar-refractivity contribution >= 4 is 11.7 Å².